The molecule has 0 unspecified atom stereocenters. The number of likely N-dealkylation sites (tertiary alicyclic amines) is 1. The lowest BCUT2D eigenvalue weighted by Gasteiger charge is -2.45. The van der Waals surface area contributed by atoms with Gasteiger partial charge in [-0.25, -0.2) is 4.79 Å². The summed E-state index contributed by atoms with van der Waals surface area (Å²) < 4.78 is 5.71. The predicted molar refractivity (Wildman–Crippen MR) is 114 cm³/mol. The van der Waals surface area contributed by atoms with Gasteiger partial charge in [-0.05, 0) is 43.5 Å². The lowest BCUT2D eigenvalue weighted by atomic mass is 9.92. The van der Waals surface area contributed by atoms with Crippen molar-refractivity contribution in [3.8, 4) is 5.75 Å². The molecule has 2 heterocycles. The maximum Gasteiger partial charge on any atom is 0.317 e. The van der Waals surface area contributed by atoms with Gasteiger partial charge in [0.1, 0.15) is 5.75 Å². The summed E-state index contributed by atoms with van der Waals surface area (Å²) in [6.07, 6.45) is 1.97. The first-order valence-corrected chi connectivity index (χ1v) is 10.6. The van der Waals surface area contributed by atoms with Crippen LogP contribution in [-0.4, -0.2) is 85.1 Å². The molecular formula is C21H31ClN4O3. The number of hydrogen-bond donors (Lipinski definition) is 1. The molecule has 0 aliphatic carbocycles. The fraction of sp³-hybridized carbons (Fsp3) is 0.619. The molecule has 0 aromatic heterocycles. The van der Waals surface area contributed by atoms with Crippen LogP contribution in [0.15, 0.2) is 18.2 Å². The SMILES string of the molecule is CC[C@@]1(N2CCN(C(=O)COc3ccc(Cl)cc3C)CC2)CCN(C(=O)NC)C1. The Hall–Kier alpha value is -1.99. The molecule has 7 nitrogen and oxygen atoms in total. The van der Waals surface area contributed by atoms with Crippen LogP contribution in [0.3, 0.4) is 0 Å². The Balaban J connectivity index is 1.51. The van der Waals surface area contributed by atoms with Crippen LogP contribution in [0.5, 0.6) is 5.75 Å². The van der Waals surface area contributed by atoms with Gasteiger partial charge >= 0.3 is 6.03 Å². The second-order valence-electron chi connectivity index (χ2n) is 7.87. The van der Waals surface area contributed by atoms with Crippen LogP contribution >= 0.6 is 11.6 Å². The first kappa shape index (κ1) is 21.7. The van der Waals surface area contributed by atoms with Crippen molar-refractivity contribution < 1.29 is 14.3 Å². The highest BCUT2D eigenvalue weighted by molar-refractivity contribution is 6.30. The number of hydrogen-bond acceptors (Lipinski definition) is 4. The number of carbonyl (C=O) groups is 2. The lowest BCUT2D eigenvalue weighted by molar-refractivity contribution is -0.136. The van der Waals surface area contributed by atoms with E-state index in [9.17, 15) is 9.59 Å². The highest BCUT2D eigenvalue weighted by Gasteiger charge is 2.44. The zero-order valence-electron chi connectivity index (χ0n) is 17.5. The number of amides is 3. The number of halogens is 1. The molecule has 0 bridgehead atoms. The van der Waals surface area contributed by atoms with E-state index in [1.54, 1.807) is 19.2 Å². The maximum absolute atomic E-state index is 12.6. The molecule has 29 heavy (non-hydrogen) atoms. The number of nitrogens with one attached hydrogen (secondary N) is 1. The molecule has 8 heteroatoms. The van der Waals surface area contributed by atoms with Crippen LogP contribution < -0.4 is 10.1 Å². The van der Waals surface area contributed by atoms with Crippen molar-refractivity contribution in [1.82, 2.24) is 20.0 Å². The number of aryl methyl sites for hydroxylation is 1. The smallest absolute Gasteiger partial charge is 0.317 e. The first-order chi connectivity index (χ1) is 13.9. The van der Waals surface area contributed by atoms with Gasteiger partial charge in [-0.3, -0.25) is 9.69 Å². The van der Waals surface area contributed by atoms with Crippen LogP contribution in [0.4, 0.5) is 4.79 Å². The van der Waals surface area contributed by atoms with Crippen LogP contribution in [0, 0.1) is 6.92 Å². The molecule has 2 fully saturated rings. The lowest BCUT2D eigenvalue weighted by Crippen LogP contribution is -2.59. The van der Waals surface area contributed by atoms with Crippen molar-refractivity contribution in [1.29, 1.82) is 0 Å². The van der Waals surface area contributed by atoms with Crippen molar-refractivity contribution in [3.05, 3.63) is 28.8 Å². The zero-order chi connectivity index (χ0) is 21.0. The van der Waals surface area contributed by atoms with E-state index in [1.165, 1.54) is 0 Å². The molecule has 1 atom stereocenters. The number of benzene rings is 1. The molecule has 1 aromatic carbocycles. The Labute approximate surface area is 177 Å². The molecule has 1 N–H and O–H groups in total. The van der Waals surface area contributed by atoms with Crippen molar-refractivity contribution in [2.75, 3.05) is 52.9 Å². The molecule has 3 amide bonds. The van der Waals surface area contributed by atoms with E-state index in [4.69, 9.17) is 16.3 Å². The molecule has 3 rings (SSSR count). The van der Waals surface area contributed by atoms with Gasteiger partial charge in [0.15, 0.2) is 6.61 Å². The van der Waals surface area contributed by atoms with Crippen LogP contribution in [0.25, 0.3) is 0 Å². The van der Waals surface area contributed by atoms with E-state index in [0.717, 1.165) is 44.6 Å². The van der Waals surface area contributed by atoms with Gasteiger partial charge in [0, 0.05) is 56.9 Å². The molecule has 0 saturated carbocycles. The minimum Gasteiger partial charge on any atom is -0.483 e. The Morgan fingerprint density at radius 2 is 1.90 bits per heavy atom. The summed E-state index contributed by atoms with van der Waals surface area (Å²) in [5.41, 5.74) is 0.931. The van der Waals surface area contributed by atoms with Crippen LogP contribution in [0.1, 0.15) is 25.3 Å². The van der Waals surface area contributed by atoms with Crippen LogP contribution in [0.2, 0.25) is 5.02 Å². The topological polar surface area (TPSA) is 65.1 Å². The van der Waals surface area contributed by atoms with E-state index < -0.39 is 0 Å². The molecule has 0 spiro atoms. The van der Waals surface area contributed by atoms with Crippen molar-refractivity contribution in [2.24, 2.45) is 0 Å². The van der Waals surface area contributed by atoms with E-state index in [2.05, 4.69) is 17.1 Å². The van der Waals surface area contributed by atoms with E-state index in [1.807, 2.05) is 22.8 Å². The van der Waals surface area contributed by atoms with Gasteiger partial charge in [-0.2, -0.15) is 0 Å². The fourth-order valence-electron chi connectivity index (χ4n) is 4.39. The minimum absolute atomic E-state index is 0.00274. The third kappa shape index (κ3) is 4.78. The Kier molecular flexibility index (Phi) is 6.90. The zero-order valence-corrected chi connectivity index (χ0v) is 18.3. The molecule has 2 aliphatic heterocycles. The standard InChI is InChI=1S/C21H31ClN4O3/c1-4-21(7-8-25(15-21)20(28)23-3)26-11-9-24(10-12-26)19(27)14-29-18-6-5-17(22)13-16(18)2/h5-6,13H,4,7-12,14-15H2,1-3H3,(H,23,28)/t21-/m1/s1. The van der Waals surface area contributed by atoms with Crippen LogP contribution in [-0.2, 0) is 4.79 Å². The number of rotatable bonds is 5. The van der Waals surface area contributed by atoms with Gasteiger partial charge in [0.05, 0.1) is 0 Å². The predicted octanol–water partition coefficient (Wildman–Crippen LogP) is 2.37. The van der Waals surface area contributed by atoms with E-state index in [0.29, 0.717) is 23.9 Å². The largest absolute Gasteiger partial charge is 0.483 e. The number of piperazine rings is 1. The molecule has 2 saturated heterocycles. The maximum atomic E-state index is 12.6. The molecule has 2 aliphatic rings. The summed E-state index contributed by atoms with van der Waals surface area (Å²) in [4.78, 5) is 30.8. The fourth-order valence-corrected chi connectivity index (χ4v) is 4.62. The summed E-state index contributed by atoms with van der Waals surface area (Å²) in [5, 5.41) is 3.38. The van der Waals surface area contributed by atoms with Crippen molar-refractivity contribution >= 4 is 23.5 Å². The van der Waals surface area contributed by atoms with Gasteiger partial charge in [-0.15, -0.1) is 0 Å². The van der Waals surface area contributed by atoms with Crippen molar-refractivity contribution in [3.63, 3.8) is 0 Å². The second-order valence-corrected chi connectivity index (χ2v) is 8.31. The number of ether oxygens (including phenoxy) is 1. The molecule has 1 aromatic rings. The summed E-state index contributed by atoms with van der Waals surface area (Å²) in [5.74, 6) is 0.689. The number of urea groups is 1. The number of carbonyl (C=O) groups excluding carboxylic acids is 2. The minimum atomic E-state index is -0.0104. The van der Waals surface area contributed by atoms with E-state index >= 15 is 0 Å². The average Bonchev–Trinajstić information content (AvgIpc) is 3.18. The van der Waals surface area contributed by atoms with Gasteiger partial charge in [-0.1, -0.05) is 18.5 Å². The van der Waals surface area contributed by atoms with Gasteiger partial charge < -0.3 is 19.9 Å². The Bertz CT molecular complexity index is 751. The summed E-state index contributed by atoms with van der Waals surface area (Å²) in [6, 6.07) is 5.38. The van der Waals surface area contributed by atoms with Gasteiger partial charge in [0.25, 0.3) is 5.91 Å². The molecular weight excluding hydrogens is 392 g/mol. The Morgan fingerprint density at radius 1 is 1.17 bits per heavy atom. The van der Waals surface area contributed by atoms with E-state index in [-0.39, 0.29) is 24.1 Å². The first-order valence-electron chi connectivity index (χ1n) is 10.3. The van der Waals surface area contributed by atoms with Crippen molar-refractivity contribution in [2.45, 2.75) is 32.2 Å². The normalized spacial score (nSPS) is 22.6. The summed E-state index contributed by atoms with van der Waals surface area (Å²) in [6.45, 7) is 8.67. The monoisotopic (exact) mass is 422 g/mol. The number of nitrogens with zero attached hydrogens (tertiary/aromatic N) is 3. The quantitative estimate of drug-likeness (QED) is 0.791. The summed E-state index contributed by atoms with van der Waals surface area (Å²) >= 11 is 5.97. The molecule has 0 radical (unpaired) electrons. The summed E-state index contributed by atoms with van der Waals surface area (Å²) in [7, 11) is 1.67. The highest BCUT2D eigenvalue weighted by atomic mass is 35.5. The Morgan fingerprint density at radius 3 is 2.52 bits per heavy atom. The van der Waals surface area contributed by atoms with Gasteiger partial charge in [0.2, 0.25) is 0 Å². The highest BCUT2D eigenvalue weighted by Crippen LogP contribution is 2.32. The second kappa shape index (κ2) is 9.22. The third-order valence-corrected chi connectivity index (χ3v) is 6.52. The third-order valence-electron chi connectivity index (χ3n) is 6.28. The average molecular weight is 423 g/mol. The molecule has 160 valence electrons.